The van der Waals surface area contributed by atoms with Gasteiger partial charge in [-0.15, -0.1) is 0 Å². The number of rotatable bonds is 19. The first-order valence-electron chi connectivity index (χ1n) is 11.5. The number of ether oxygens (including phenoxy) is 2. The van der Waals surface area contributed by atoms with Crippen molar-refractivity contribution in [1.29, 1.82) is 0 Å². The van der Waals surface area contributed by atoms with Crippen LogP contribution in [0, 0.1) is 0 Å². The summed E-state index contributed by atoms with van der Waals surface area (Å²) in [6.07, 6.45) is 15.6. The number of hydrogen-bond donors (Lipinski definition) is 3. The maximum atomic E-state index is 12.0. The molecular formula is C21H41BO7. The summed E-state index contributed by atoms with van der Waals surface area (Å²) in [7, 11) is -2.05. The van der Waals surface area contributed by atoms with Crippen LogP contribution < -0.4 is 0 Å². The first-order chi connectivity index (χ1) is 14.0. The first-order valence-corrected chi connectivity index (χ1v) is 11.5. The number of carbonyl (C=O) groups is 1. The lowest BCUT2D eigenvalue weighted by atomic mass is 9.99. The first kappa shape index (κ1) is 26.4. The molecule has 0 aromatic rings. The van der Waals surface area contributed by atoms with Gasteiger partial charge in [0.25, 0.3) is 0 Å². The fraction of sp³-hybridized carbons (Fsp3) is 0.952. The van der Waals surface area contributed by atoms with Gasteiger partial charge in [0, 0.05) is 12.8 Å². The van der Waals surface area contributed by atoms with Crippen LogP contribution in [0.25, 0.3) is 0 Å². The minimum absolute atomic E-state index is 0.270. The van der Waals surface area contributed by atoms with Gasteiger partial charge in [-0.1, -0.05) is 84.0 Å². The Labute approximate surface area is 176 Å². The topological polar surface area (TPSA) is 105 Å². The van der Waals surface area contributed by atoms with Crippen molar-refractivity contribution in [3.05, 3.63) is 0 Å². The summed E-state index contributed by atoms with van der Waals surface area (Å²) in [5.41, 5.74) is 0. The van der Waals surface area contributed by atoms with Crippen LogP contribution in [-0.2, 0) is 18.9 Å². The predicted molar refractivity (Wildman–Crippen MR) is 112 cm³/mol. The van der Waals surface area contributed by atoms with Gasteiger partial charge in [0.1, 0.15) is 0 Å². The number of carbonyl (C=O) groups excluding carboxylic acids is 1. The largest absolute Gasteiger partial charge is 0.636 e. The van der Waals surface area contributed by atoms with Gasteiger partial charge in [-0.05, 0) is 6.42 Å². The van der Waals surface area contributed by atoms with Gasteiger partial charge in [-0.25, -0.2) is 0 Å². The van der Waals surface area contributed by atoms with Gasteiger partial charge in [-0.2, -0.15) is 0 Å². The number of unbranched alkanes of at least 4 members (excludes halogenated alkanes) is 12. The van der Waals surface area contributed by atoms with E-state index in [4.69, 9.17) is 24.2 Å². The molecule has 1 aliphatic heterocycles. The van der Waals surface area contributed by atoms with Crippen molar-refractivity contribution in [1.82, 2.24) is 0 Å². The van der Waals surface area contributed by atoms with Crippen LogP contribution in [0.2, 0.25) is 0 Å². The summed E-state index contributed by atoms with van der Waals surface area (Å²) >= 11 is 0. The fourth-order valence-corrected chi connectivity index (χ4v) is 3.68. The molecule has 7 nitrogen and oxygen atoms in total. The lowest BCUT2D eigenvalue weighted by Gasteiger charge is -2.45. The molecule has 3 N–H and O–H groups in total. The van der Waals surface area contributed by atoms with Crippen molar-refractivity contribution < 1.29 is 34.1 Å². The molecule has 29 heavy (non-hydrogen) atoms. The molecule has 1 aliphatic rings. The van der Waals surface area contributed by atoms with Gasteiger partial charge in [0.05, 0.1) is 13.2 Å². The van der Waals surface area contributed by atoms with Gasteiger partial charge in [0.15, 0.2) is 6.10 Å². The molecule has 1 rings (SSSR count). The fourth-order valence-electron chi connectivity index (χ4n) is 3.68. The van der Waals surface area contributed by atoms with E-state index in [0.717, 1.165) is 19.3 Å². The smallest absolute Gasteiger partial charge is 0.454 e. The van der Waals surface area contributed by atoms with E-state index < -0.39 is 31.8 Å². The second-order valence-corrected chi connectivity index (χ2v) is 8.01. The van der Waals surface area contributed by atoms with Crippen LogP contribution in [0.1, 0.15) is 103 Å². The van der Waals surface area contributed by atoms with Crippen LogP contribution in [0.4, 0.5) is 0 Å². The molecule has 0 bridgehead atoms. The summed E-state index contributed by atoms with van der Waals surface area (Å²) in [6.45, 7) is 2.09. The molecule has 0 radical (unpaired) electrons. The Morgan fingerprint density at radius 3 is 1.83 bits per heavy atom. The lowest BCUT2D eigenvalue weighted by molar-refractivity contribution is -0.324. The molecule has 0 aromatic carbocycles. The van der Waals surface area contributed by atoms with E-state index in [2.05, 4.69) is 6.92 Å². The zero-order chi connectivity index (χ0) is 21.4. The van der Waals surface area contributed by atoms with Crippen LogP contribution >= 0.6 is 0 Å². The van der Waals surface area contributed by atoms with Gasteiger partial charge >= 0.3 is 13.3 Å². The summed E-state index contributed by atoms with van der Waals surface area (Å²) in [5.74, 6) is -1.90. The van der Waals surface area contributed by atoms with Gasteiger partial charge < -0.3 is 29.3 Å². The number of aliphatic hydroxyl groups excluding tert-OH is 1. The zero-order valence-corrected chi connectivity index (χ0v) is 18.2. The van der Waals surface area contributed by atoms with Crippen LogP contribution in [0.5, 0.6) is 0 Å². The Kier molecular flexibility index (Phi) is 14.6. The molecule has 2 atom stereocenters. The Bertz CT molecular complexity index is 416. The molecule has 0 aromatic heterocycles. The molecule has 1 fully saturated rings. The quantitative estimate of drug-likeness (QED) is 0.168. The van der Waals surface area contributed by atoms with E-state index >= 15 is 0 Å². The maximum absolute atomic E-state index is 12.0. The summed E-state index contributed by atoms with van der Waals surface area (Å²) in [5, 5.41) is 27.5. The van der Waals surface area contributed by atoms with Gasteiger partial charge in [-0.3, -0.25) is 4.79 Å². The molecule has 0 amide bonds. The summed E-state index contributed by atoms with van der Waals surface area (Å²) in [4.78, 5) is 12.0. The standard InChI is InChI=1S/C21H41BO7/c1-2-3-4-5-6-7-8-9-10-11-12-13-14-15-20(24)28-19(18-23)21(16-17-27-21)29-22(25)26/h19,23,25-26H,2-18H2,1H3. The second kappa shape index (κ2) is 16.1. The minimum atomic E-state index is -2.05. The number of aliphatic hydroxyl groups is 1. The Hall–Kier alpha value is -0.665. The van der Waals surface area contributed by atoms with E-state index in [9.17, 15) is 9.90 Å². The van der Waals surface area contributed by atoms with Crippen molar-refractivity contribution in [2.24, 2.45) is 0 Å². The van der Waals surface area contributed by atoms with Crippen LogP contribution in [0.15, 0.2) is 0 Å². The third kappa shape index (κ3) is 11.3. The third-order valence-electron chi connectivity index (χ3n) is 5.52. The van der Waals surface area contributed by atoms with Crippen LogP contribution in [-0.4, -0.2) is 53.5 Å². The number of hydrogen-bond acceptors (Lipinski definition) is 7. The van der Waals surface area contributed by atoms with Crippen molar-refractivity contribution >= 4 is 13.3 Å². The highest BCUT2D eigenvalue weighted by Gasteiger charge is 2.51. The minimum Gasteiger partial charge on any atom is -0.454 e. The molecule has 1 saturated heterocycles. The highest BCUT2D eigenvalue weighted by Crippen LogP contribution is 2.33. The molecule has 0 saturated carbocycles. The van der Waals surface area contributed by atoms with E-state index in [1.54, 1.807) is 0 Å². The van der Waals surface area contributed by atoms with Crippen LogP contribution in [0.3, 0.4) is 0 Å². The highest BCUT2D eigenvalue weighted by atomic mass is 16.8. The van der Waals surface area contributed by atoms with Crippen molar-refractivity contribution in [3.63, 3.8) is 0 Å². The van der Waals surface area contributed by atoms with Crippen molar-refractivity contribution in [2.75, 3.05) is 13.2 Å². The zero-order valence-electron chi connectivity index (χ0n) is 18.2. The van der Waals surface area contributed by atoms with E-state index in [1.807, 2.05) is 0 Å². The molecule has 1 heterocycles. The van der Waals surface area contributed by atoms with E-state index in [1.165, 1.54) is 64.2 Å². The summed E-state index contributed by atoms with van der Waals surface area (Å²) in [6, 6.07) is 0. The molecular weight excluding hydrogens is 375 g/mol. The van der Waals surface area contributed by atoms with E-state index in [-0.39, 0.29) is 6.42 Å². The highest BCUT2D eigenvalue weighted by molar-refractivity contribution is 6.32. The Morgan fingerprint density at radius 2 is 1.45 bits per heavy atom. The lowest BCUT2D eigenvalue weighted by Crippen LogP contribution is -2.60. The van der Waals surface area contributed by atoms with Crippen molar-refractivity contribution in [3.8, 4) is 0 Å². The molecule has 8 heteroatoms. The van der Waals surface area contributed by atoms with Crippen molar-refractivity contribution in [2.45, 2.75) is 115 Å². The SMILES string of the molecule is CCCCCCCCCCCCCCCC(=O)OC(CO)C1(OB(O)O)CCO1. The molecule has 170 valence electrons. The molecule has 0 aliphatic carbocycles. The predicted octanol–water partition coefficient (Wildman–Crippen LogP) is 3.47. The Balaban J connectivity index is 2.01. The monoisotopic (exact) mass is 416 g/mol. The van der Waals surface area contributed by atoms with E-state index in [0.29, 0.717) is 13.0 Å². The average molecular weight is 416 g/mol. The third-order valence-corrected chi connectivity index (χ3v) is 5.52. The normalized spacial score (nSPS) is 19.6. The average Bonchev–Trinajstić information content (AvgIpc) is 2.66. The molecule has 0 spiro atoms. The second-order valence-electron chi connectivity index (χ2n) is 8.01. The van der Waals surface area contributed by atoms with Gasteiger partial charge in [0.2, 0.25) is 5.79 Å². The molecule has 2 unspecified atom stereocenters. The maximum Gasteiger partial charge on any atom is 0.636 e. The Morgan fingerprint density at radius 1 is 0.966 bits per heavy atom. The number of esters is 1. The summed E-state index contributed by atoms with van der Waals surface area (Å²) < 4.78 is 15.4.